The van der Waals surface area contributed by atoms with E-state index in [0.29, 0.717) is 35.8 Å². The Morgan fingerprint density at radius 1 is 1.03 bits per heavy atom. The van der Waals surface area contributed by atoms with Gasteiger partial charge in [0.2, 0.25) is 0 Å². The van der Waals surface area contributed by atoms with Gasteiger partial charge in [0.25, 0.3) is 0 Å². The van der Waals surface area contributed by atoms with Gasteiger partial charge in [-0.25, -0.2) is 9.37 Å². The minimum absolute atomic E-state index is 0. The first-order valence-electron chi connectivity index (χ1n) is 9.51. The van der Waals surface area contributed by atoms with Gasteiger partial charge < -0.3 is 10.1 Å². The lowest BCUT2D eigenvalue weighted by Crippen LogP contribution is -2.33. The van der Waals surface area contributed by atoms with Crippen molar-refractivity contribution in [2.24, 2.45) is 0 Å². The molecule has 1 aromatic carbocycles. The van der Waals surface area contributed by atoms with Crippen LogP contribution in [0.2, 0.25) is 0 Å². The van der Waals surface area contributed by atoms with Crippen LogP contribution in [0.1, 0.15) is 12.8 Å². The quantitative estimate of drug-likeness (QED) is 0.506. The molecule has 9 heteroatoms. The Kier molecular flexibility index (Phi) is 7.07. The van der Waals surface area contributed by atoms with Crippen molar-refractivity contribution in [3.8, 4) is 17.3 Å². The Morgan fingerprint density at radius 3 is 2.83 bits per heavy atom. The Balaban J connectivity index is 0.00000128. The van der Waals surface area contributed by atoms with Gasteiger partial charge in [-0.05, 0) is 43.7 Å². The van der Waals surface area contributed by atoms with E-state index in [4.69, 9.17) is 9.72 Å². The zero-order valence-corrected chi connectivity index (χ0v) is 17.7. The SMILES string of the molecule is Cl.Cl.FC1CNCCCC1Oc1cccc2ccc(-c3nnc4ccccn34)nc12. The van der Waals surface area contributed by atoms with Crippen molar-refractivity contribution in [3.63, 3.8) is 0 Å². The summed E-state index contributed by atoms with van der Waals surface area (Å²) in [6, 6.07) is 15.4. The van der Waals surface area contributed by atoms with Crippen LogP contribution in [0.25, 0.3) is 28.1 Å². The predicted molar refractivity (Wildman–Crippen MR) is 120 cm³/mol. The van der Waals surface area contributed by atoms with E-state index in [9.17, 15) is 4.39 Å². The Hall–Kier alpha value is -2.48. The Morgan fingerprint density at radius 2 is 1.93 bits per heavy atom. The number of nitrogens with one attached hydrogen (secondary N) is 1. The van der Waals surface area contributed by atoms with Gasteiger partial charge >= 0.3 is 0 Å². The molecule has 0 radical (unpaired) electrons. The molecule has 5 rings (SSSR count). The van der Waals surface area contributed by atoms with Crippen molar-refractivity contribution in [2.45, 2.75) is 25.1 Å². The zero-order chi connectivity index (χ0) is 18.9. The number of pyridine rings is 2. The third-order valence-corrected chi connectivity index (χ3v) is 5.09. The second-order valence-corrected chi connectivity index (χ2v) is 7.00. The summed E-state index contributed by atoms with van der Waals surface area (Å²) in [5.74, 6) is 1.26. The minimum Gasteiger partial charge on any atom is -0.485 e. The Labute approximate surface area is 185 Å². The summed E-state index contributed by atoms with van der Waals surface area (Å²) in [7, 11) is 0. The van der Waals surface area contributed by atoms with Gasteiger partial charge in [-0.15, -0.1) is 35.0 Å². The van der Waals surface area contributed by atoms with Gasteiger partial charge in [0.05, 0.1) is 0 Å². The molecule has 3 aromatic heterocycles. The molecule has 0 saturated carbocycles. The monoisotopic (exact) mass is 449 g/mol. The third-order valence-electron chi connectivity index (χ3n) is 5.09. The Bertz CT molecular complexity index is 1140. The molecule has 30 heavy (non-hydrogen) atoms. The summed E-state index contributed by atoms with van der Waals surface area (Å²) in [5, 5.41) is 12.5. The summed E-state index contributed by atoms with van der Waals surface area (Å²) in [4.78, 5) is 4.80. The first kappa shape index (κ1) is 22.2. The van der Waals surface area contributed by atoms with E-state index < -0.39 is 12.3 Å². The number of alkyl halides is 1. The van der Waals surface area contributed by atoms with Crippen LogP contribution >= 0.6 is 24.8 Å². The molecule has 1 saturated heterocycles. The number of fused-ring (bicyclic) bond motifs is 2. The van der Waals surface area contributed by atoms with Gasteiger partial charge in [-0.3, -0.25) is 4.40 Å². The smallest absolute Gasteiger partial charge is 0.187 e. The molecule has 4 heterocycles. The highest BCUT2D eigenvalue weighted by atomic mass is 35.5. The fraction of sp³-hybridized carbons (Fsp3) is 0.286. The molecule has 0 spiro atoms. The number of halogens is 3. The molecule has 0 bridgehead atoms. The molecule has 1 N–H and O–H groups in total. The maximum atomic E-state index is 14.4. The summed E-state index contributed by atoms with van der Waals surface area (Å²) < 4.78 is 22.4. The summed E-state index contributed by atoms with van der Waals surface area (Å²) in [5.41, 5.74) is 2.16. The lowest BCUT2D eigenvalue weighted by molar-refractivity contribution is 0.101. The molecule has 1 fully saturated rings. The van der Waals surface area contributed by atoms with Crippen molar-refractivity contribution in [2.75, 3.05) is 13.1 Å². The molecular formula is C21H22Cl2FN5O. The van der Waals surface area contributed by atoms with Crippen LogP contribution in [0.4, 0.5) is 4.39 Å². The number of hydrogen-bond donors (Lipinski definition) is 1. The number of aromatic nitrogens is 4. The molecule has 6 nitrogen and oxygen atoms in total. The number of ether oxygens (including phenoxy) is 1. The van der Waals surface area contributed by atoms with Gasteiger partial charge in [-0.1, -0.05) is 24.3 Å². The van der Waals surface area contributed by atoms with Crippen LogP contribution < -0.4 is 10.1 Å². The molecule has 2 atom stereocenters. The van der Waals surface area contributed by atoms with E-state index in [0.717, 1.165) is 24.0 Å². The van der Waals surface area contributed by atoms with E-state index >= 15 is 0 Å². The number of rotatable bonds is 3. The maximum Gasteiger partial charge on any atom is 0.187 e. The van der Waals surface area contributed by atoms with Crippen LogP contribution in [0.5, 0.6) is 5.75 Å². The molecule has 2 unspecified atom stereocenters. The number of hydrogen-bond acceptors (Lipinski definition) is 5. The van der Waals surface area contributed by atoms with Crippen molar-refractivity contribution in [3.05, 3.63) is 54.7 Å². The second-order valence-electron chi connectivity index (χ2n) is 7.00. The molecule has 0 amide bonds. The van der Waals surface area contributed by atoms with Crippen molar-refractivity contribution in [1.29, 1.82) is 0 Å². The molecular weight excluding hydrogens is 428 g/mol. The van der Waals surface area contributed by atoms with Crippen molar-refractivity contribution < 1.29 is 9.13 Å². The third kappa shape index (κ3) is 4.19. The first-order chi connectivity index (χ1) is 13.8. The molecule has 0 aliphatic carbocycles. The number of benzene rings is 1. The predicted octanol–water partition coefficient (Wildman–Crippen LogP) is 4.26. The molecule has 1 aliphatic rings. The van der Waals surface area contributed by atoms with Crippen LogP contribution in [0.15, 0.2) is 54.7 Å². The normalized spacial score (nSPS) is 19.0. The second kappa shape index (κ2) is 9.55. The standard InChI is InChI=1S/C21H20FN5O.2ClH/c22-15-13-23-11-4-7-17(15)28-18-6-3-5-14-9-10-16(24-20(14)18)21-26-25-19-8-1-2-12-27(19)21;;/h1-3,5-6,8-10,12,15,17,23H,4,7,11,13H2;2*1H. The maximum absolute atomic E-state index is 14.4. The van der Waals surface area contributed by atoms with Gasteiger partial charge in [0.1, 0.15) is 29.2 Å². The van der Waals surface area contributed by atoms with E-state index in [-0.39, 0.29) is 24.8 Å². The van der Waals surface area contributed by atoms with E-state index in [2.05, 4.69) is 15.5 Å². The number of nitrogens with zero attached hydrogens (tertiary/aromatic N) is 4. The zero-order valence-electron chi connectivity index (χ0n) is 16.1. The van der Waals surface area contributed by atoms with Gasteiger partial charge in [-0.2, -0.15) is 0 Å². The number of para-hydroxylation sites is 1. The molecule has 4 aromatic rings. The highest BCUT2D eigenvalue weighted by Gasteiger charge is 2.25. The topological polar surface area (TPSA) is 64.3 Å². The van der Waals surface area contributed by atoms with Crippen LogP contribution in [0, 0.1) is 0 Å². The van der Waals surface area contributed by atoms with Crippen LogP contribution in [0.3, 0.4) is 0 Å². The highest BCUT2D eigenvalue weighted by molar-refractivity contribution is 5.86. The minimum atomic E-state index is -1.04. The van der Waals surface area contributed by atoms with Crippen molar-refractivity contribution in [1.82, 2.24) is 24.9 Å². The van der Waals surface area contributed by atoms with E-state index in [1.165, 1.54) is 0 Å². The van der Waals surface area contributed by atoms with E-state index in [1.807, 2.05) is 59.1 Å². The fourth-order valence-corrected chi connectivity index (χ4v) is 3.63. The summed E-state index contributed by atoms with van der Waals surface area (Å²) in [6.45, 7) is 1.14. The van der Waals surface area contributed by atoms with Crippen LogP contribution in [-0.4, -0.2) is 44.9 Å². The summed E-state index contributed by atoms with van der Waals surface area (Å²) >= 11 is 0. The van der Waals surface area contributed by atoms with E-state index in [1.54, 1.807) is 0 Å². The lowest BCUT2D eigenvalue weighted by atomic mass is 10.1. The molecule has 158 valence electrons. The van der Waals surface area contributed by atoms with Crippen LogP contribution in [-0.2, 0) is 0 Å². The fourth-order valence-electron chi connectivity index (χ4n) is 3.63. The van der Waals surface area contributed by atoms with Gasteiger partial charge in [0.15, 0.2) is 11.5 Å². The van der Waals surface area contributed by atoms with Gasteiger partial charge in [0, 0.05) is 18.1 Å². The average molecular weight is 450 g/mol. The molecule has 1 aliphatic heterocycles. The lowest BCUT2D eigenvalue weighted by Gasteiger charge is -2.21. The largest absolute Gasteiger partial charge is 0.485 e. The first-order valence-corrected chi connectivity index (χ1v) is 9.51. The highest BCUT2D eigenvalue weighted by Crippen LogP contribution is 2.29. The summed E-state index contributed by atoms with van der Waals surface area (Å²) in [6.07, 6.45) is 1.96. The van der Waals surface area contributed by atoms with Crippen molar-refractivity contribution >= 4 is 41.4 Å². The average Bonchev–Trinajstić information content (AvgIpc) is 3.06.